The largest absolute Gasteiger partial charge is 0.506 e. The third-order valence-corrected chi connectivity index (χ3v) is 4.63. The first kappa shape index (κ1) is 32.1. The Morgan fingerprint density at radius 1 is 0.814 bits per heavy atom. The summed E-state index contributed by atoms with van der Waals surface area (Å²) in [6, 6.07) is 9.93. The maximum atomic E-state index is 10.6. The van der Waals surface area contributed by atoms with Crippen LogP contribution in [-0.2, 0) is 16.8 Å². The number of nitriles is 2. The van der Waals surface area contributed by atoms with E-state index in [1.54, 1.807) is 12.1 Å². The minimum absolute atomic E-state index is 0. The molecule has 0 unspecified atom stereocenters. The van der Waals surface area contributed by atoms with Crippen molar-refractivity contribution in [1.29, 1.82) is 10.5 Å². The van der Waals surface area contributed by atoms with Crippen molar-refractivity contribution >= 4 is 46.3 Å². The molecular formula is C22H10CoN14O6. The molecule has 1 radical (unpaired) electrons. The molecule has 0 spiro atoms. The summed E-state index contributed by atoms with van der Waals surface area (Å²) in [6.07, 6.45) is 0. The molecule has 0 amide bonds. The van der Waals surface area contributed by atoms with Gasteiger partial charge in [-0.15, -0.1) is 15.3 Å². The van der Waals surface area contributed by atoms with Gasteiger partial charge in [-0.2, -0.15) is 15.5 Å². The molecule has 0 aliphatic heterocycles. The molecule has 21 heteroatoms. The first-order chi connectivity index (χ1) is 20.1. The maximum absolute atomic E-state index is 10.6. The van der Waals surface area contributed by atoms with Crippen molar-refractivity contribution in [3.8, 4) is 23.6 Å². The van der Waals surface area contributed by atoms with E-state index in [0.29, 0.717) is 0 Å². The number of azo groups is 2. The van der Waals surface area contributed by atoms with Gasteiger partial charge in [-0.05, 0) is 12.1 Å². The molecule has 4 N–H and O–H groups in total. The van der Waals surface area contributed by atoms with Gasteiger partial charge in [0.05, 0.1) is 9.85 Å². The van der Waals surface area contributed by atoms with E-state index in [4.69, 9.17) is 23.7 Å². The number of rotatable bonds is 6. The fourth-order valence-corrected chi connectivity index (χ4v) is 2.73. The van der Waals surface area contributed by atoms with Gasteiger partial charge in [-0.25, -0.2) is 0 Å². The number of hydrogen-bond donors (Lipinski definition) is 4. The molecule has 0 atom stereocenters. The molecule has 2 aromatic carbocycles. The van der Waals surface area contributed by atoms with Crippen molar-refractivity contribution in [2.45, 2.75) is 0 Å². The molecule has 43 heavy (non-hydrogen) atoms. The number of benzene rings is 2. The van der Waals surface area contributed by atoms with Crippen LogP contribution >= 0.6 is 0 Å². The quantitative estimate of drug-likeness (QED) is 0.0874. The zero-order chi connectivity index (χ0) is 30.8. The molecule has 213 valence electrons. The molecule has 0 aliphatic carbocycles. The molecule has 2 heterocycles. The van der Waals surface area contributed by atoms with E-state index in [1.165, 1.54) is 0 Å². The van der Waals surface area contributed by atoms with Crippen LogP contribution in [0.3, 0.4) is 0 Å². The van der Waals surface area contributed by atoms with Crippen LogP contribution in [0.25, 0.3) is 9.69 Å². The van der Waals surface area contributed by atoms with Gasteiger partial charge in [0.25, 0.3) is 23.0 Å². The van der Waals surface area contributed by atoms with Crippen LogP contribution in [0, 0.1) is 56.0 Å². The van der Waals surface area contributed by atoms with Crippen LogP contribution in [0.5, 0.6) is 11.5 Å². The van der Waals surface area contributed by atoms with Crippen molar-refractivity contribution in [2.24, 2.45) is 20.5 Å². The van der Waals surface area contributed by atoms with Crippen molar-refractivity contribution in [3.63, 3.8) is 0 Å². The predicted molar refractivity (Wildman–Crippen MR) is 137 cm³/mol. The fourth-order valence-electron chi connectivity index (χ4n) is 2.73. The Morgan fingerprint density at radius 3 is 1.70 bits per heavy atom. The number of phenolic OH excluding ortho intramolecular Hbond substituents is 2. The summed E-state index contributed by atoms with van der Waals surface area (Å²) in [6.45, 7) is 13.6. The Hall–Kier alpha value is -7.07. The van der Waals surface area contributed by atoms with Crippen molar-refractivity contribution in [2.75, 3.05) is 0 Å². The SMILES string of the molecule is N#Cc1nc(N=Nc2cc([N+](=O)[O-])ccc2O)[nH]c1C#N.[C-]#[N+]c1nc(N=Nc2cc([N+](=O)[O-])ccc2O)[nH]c1[N+]#[C-].[Co]. The molecule has 20 nitrogen and oxygen atoms in total. The molecule has 4 aromatic rings. The monoisotopic (exact) mass is 625 g/mol. The first-order valence-electron chi connectivity index (χ1n) is 10.6. The number of nitro benzene ring substituents is 2. The molecule has 0 bridgehead atoms. The third kappa shape index (κ3) is 7.97. The van der Waals surface area contributed by atoms with Crippen LogP contribution in [0.15, 0.2) is 56.9 Å². The Morgan fingerprint density at radius 2 is 1.33 bits per heavy atom. The van der Waals surface area contributed by atoms with Gasteiger partial charge in [0, 0.05) is 41.0 Å². The molecule has 0 saturated heterocycles. The van der Waals surface area contributed by atoms with Crippen LogP contribution in [-0.4, -0.2) is 40.0 Å². The normalized spacial score (nSPS) is 9.95. The Bertz CT molecular complexity index is 1730. The minimum Gasteiger partial charge on any atom is -0.506 e. The Labute approximate surface area is 248 Å². The summed E-state index contributed by atoms with van der Waals surface area (Å²) in [7, 11) is 0. The van der Waals surface area contributed by atoms with E-state index in [1.807, 2.05) is 0 Å². The number of aromatic hydroxyl groups is 2. The zero-order valence-electron chi connectivity index (χ0n) is 20.7. The van der Waals surface area contributed by atoms with Crippen LogP contribution in [0.2, 0.25) is 0 Å². The van der Waals surface area contributed by atoms with E-state index in [9.17, 15) is 30.4 Å². The number of aromatic nitrogens is 4. The number of aromatic amines is 2. The second kappa shape index (κ2) is 14.4. The van der Waals surface area contributed by atoms with E-state index in [-0.39, 0.29) is 85.9 Å². The molecule has 2 aromatic heterocycles. The summed E-state index contributed by atoms with van der Waals surface area (Å²) in [5, 5.41) is 72.2. The van der Waals surface area contributed by atoms with Gasteiger partial charge in [0.15, 0.2) is 11.4 Å². The van der Waals surface area contributed by atoms with Gasteiger partial charge < -0.3 is 24.9 Å². The van der Waals surface area contributed by atoms with Crippen molar-refractivity contribution < 1.29 is 36.8 Å². The maximum Gasteiger partial charge on any atom is 0.414 e. The van der Waals surface area contributed by atoms with Gasteiger partial charge in [-0.3, -0.25) is 25.2 Å². The molecule has 0 aliphatic rings. The average molecular weight is 625 g/mol. The number of phenols is 2. The summed E-state index contributed by atoms with van der Waals surface area (Å²) >= 11 is 0. The molecule has 0 saturated carbocycles. The summed E-state index contributed by atoms with van der Waals surface area (Å²) in [5.41, 5.74) is -1.02. The van der Waals surface area contributed by atoms with Crippen LogP contribution < -0.4 is 0 Å². The number of H-pyrrole nitrogens is 2. The molecule has 0 fully saturated rings. The number of non-ortho nitro benzene ring substituents is 2. The average Bonchev–Trinajstić information content (AvgIpc) is 3.59. The second-order valence-corrected chi connectivity index (χ2v) is 7.22. The van der Waals surface area contributed by atoms with E-state index in [0.717, 1.165) is 36.4 Å². The van der Waals surface area contributed by atoms with Crippen LogP contribution in [0.1, 0.15) is 11.4 Å². The first-order valence-corrected chi connectivity index (χ1v) is 10.6. The summed E-state index contributed by atoms with van der Waals surface area (Å²) in [4.78, 5) is 38.3. The topological polar surface area (TPSA) is 290 Å². The number of imidazole rings is 2. The smallest absolute Gasteiger partial charge is 0.414 e. The Balaban J connectivity index is 0.000000293. The number of nitro groups is 2. The van der Waals surface area contributed by atoms with Gasteiger partial charge in [0.2, 0.25) is 5.95 Å². The van der Waals surface area contributed by atoms with E-state index >= 15 is 0 Å². The minimum atomic E-state index is -0.646. The summed E-state index contributed by atoms with van der Waals surface area (Å²) < 4.78 is 0. The van der Waals surface area contributed by atoms with E-state index in [2.05, 4.69) is 50.1 Å². The van der Waals surface area contributed by atoms with E-state index < -0.39 is 9.85 Å². The molecular weight excluding hydrogens is 615 g/mol. The standard InChI is InChI=1S/2C11H5N7O3.Co/c1-12-9-10(13-2)15-11(14-9)17-16-7-5-6(18(20)21)3-4-8(7)19;12-4-8-9(5-13)15-11(14-8)17-16-7-3-6(18(20)21)1-2-10(7)19;/h3-5,19H,(H,14,15);1-3,19H,(H,14,15);. The Kier molecular flexibility index (Phi) is 10.7. The number of nitrogens with one attached hydrogen (secondary N) is 2. The van der Waals surface area contributed by atoms with Gasteiger partial charge >= 0.3 is 5.95 Å². The van der Waals surface area contributed by atoms with Gasteiger partial charge in [0.1, 0.15) is 35.0 Å². The van der Waals surface area contributed by atoms with Crippen molar-refractivity contribution in [3.05, 3.63) is 90.8 Å². The molecule has 4 rings (SSSR count). The third-order valence-electron chi connectivity index (χ3n) is 4.63. The predicted octanol–water partition coefficient (Wildman–Crippen LogP) is 5.72. The zero-order valence-corrected chi connectivity index (χ0v) is 21.7. The van der Waals surface area contributed by atoms with Crippen molar-refractivity contribution in [1.82, 2.24) is 19.9 Å². The fraction of sp³-hybridized carbons (Fsp3) is 0. The number of hydrogen-bond acceptors (Lipinski definition) is 14. The second-order valence-electron chi connectivity index (χ2n) is 7.22. The van der Waals surface area contributed by atoms with Crippen LogP contribution in [0.4, 0.5) is 46.3 Å². The summed E-state index contributed by atoms with van der Waals surface area (Å²) in [5.74, 6) is -1.08. The number of nitrogens with zero attached hydrogens (tertiary/aromatic N) is 12. The van der Waals surface area contributed by atoms with Gasteiger partial charge in [-0.1, -0.05) is 23.2 Å².